The molecule has 16 heteroatoms. The van der Waals surface area contributed by atoms with Gasteiger partial charge in [0.1, 0.15) is 16.7 Å². The smallest absolute Gasteiger partial charge is 0.347 e. The van der Waals surface area contributed by atoms with Crippen molar-refractivity contribution >= 4 is 58.1 Å². The summed E-state index contributed by atoms with van der Waals surface area (Å²) in [6, 6.07) is 2.88. The monoisotopic (exact) mass is 669 g/mol. The molecule has 12 nitrogen and oxygen atoms in total. The Labute approximate surface area is 269 Å². The van der Waals surface area contributed by atoms with E-state index >= 15 is 0 Å². The third kappa shape index (κ3) is 6.40. The minimum absolute atomic E-state index is 0.101. The molecule has 0 bridgehead atoms. The van der Waals surface area contributed by atoms with Gasteiger partial charge in [-0.25, -0.2) is 28.7 Å². The number of esters is 1. The fraction of sp³-hybridized carbons (Fsp3) is 0.310. The summed E-state index contributed by atoms with van der Waals surface area (Å²) in [5, 5.41) is 15.3. The quantitative estimate of drug-likeness (QED) is 0.287. The van der Waals surface area contributed by atoms with E-state index in [0.717, 1.165) is 11.3 Å². The van der Waals surface area contributed by atoms with Gasteiger partial charge in [-0.3, -0.25) is 9.89 Å². The number of carboxylic acid groups (broad SMARTS) is 1. The molecule has 5 heterocycles. The number of thiazole rings is 2. The summed E-state index contributed by atoms with van der Waals surface area (Å²) in [6.45, 7) is 2.51. The number of urea groups is 1. The molecular formula is C29H25ClFN7O5S2. The Kier molecular flexibility index (Phi) is 8.81. The first-order chi connectivity index (χ1) is 21.7. The van der Waals surface area contributed by atoms with Gasteiger partial charge in [0.05, 0.1) is 31.5 Å². The molecule has 0 unspecified atom stereocenters. The molecule has 0 radical (unpaired) electrons. The molecule has 2 aromatic heterocycles. The number of halogens is 2. The van der Waals surface area contributed by atoms with Gasteiger partial charge in [-0.2, -0.15) is 0 Å². The Morgan fingerprint density at radius 3 is 2.82 bits per heavy atom. The van der Waals surface area contributed by atoms with Crippen molar-refractivity contribution < 1.29 is 28.6 Å². The molecule has 2 amide bonds. The summed E-state index contributed by atoms with van der Waals surface area (Å²) in [7, 11) is 1.29. The number of benzene rings is 1. The van der Waals surface area contributed by atoms with E-state index in [9.17, 15) is 18.8 Å². The van der Waals surface area contributed by atoms with Crippen LogP contribution < -0.4 is 5.32 Å². The number of ether oxygens (including phenoxy) is 1. The minimum atomic E-state index is -1.06. The van der Waals surface area contributed by atoms with Crippen molar-refractivity contribution in [1.29, 1.82) is 0 Å². The number of fused-ring (bicyclic) bond motifs is 1. The van der Waals surface area contributed by atoms with Crippen LogP contribution in [0, 0.1) is 17.7 Å². The number of hydrogen-bond acceptors (Lipinski definition) is 11. The van der Waals surface area contributed by atoms with Crippen LogP contribution in [0.15, 0.2) is 52.2 Å². The van der Waals surface area contributed by atoms with Crippen LogP contribution in [0.3, 0.4) is 0 Å². The van der Waals surface area contributed by atoms with Gasteiger partial charge >= 0.3 is 18.0 Å². The molecule has 1 aromatic carbocycles. The van der Waals surface area contributed by atoms with E-state index in [0.29, 0.717) is 59.8 Å². The first kappa shape index (κ1) is 30.7. The average Bonchev–Trinajstić information content (AvgIpc) is 3.78. The van der Waals surface area contributed by atoms with E-state index in [2.05, 4.69) is 32.0 Å². The van der Waals surface area contributed by atoms with Crippen molar-refractivity contribution in [2.45, 2.75) is 12.1 Å². The SMILES string of the molecule is COC(=O)C1=C(CN2CCN3C(=O)N(CC#Cc4ncc(C(=O)O)s4)C[C@@H]3C2)NC(c2nccs2)=N[C@H]1c1ccc(F)cc1Cl. The lowest BCUT2D eigenvalue weighted by molar-refractivity contribution is -0.136. The van der Waals surface area contributed by atoms with Crippen LogP contribution in [0.2, 0.25) is 5.02 Å². The van der Waals surface area contributed by atoms with Crippen LogP contribution in [0.25, 0.3) is 0 Å². The zero-order chi connectivity index (χ0) is 31.7. The van der Waals surface area contributed by atoms with Gasteiger partial charge < -0.3 is 25.0 Å². The molecule has 2 saturated heterocycles. The van der Waals surface area contributed by atoms with E-state index in [1.54, 1.807) is 11.1 Å². The maximum absolute atomic E-state index is 13.9. The zero-order valence-corrected chi connectivity index (χ0v) is 26.1. The van der Waals surface area contributed by atoms with Crippen LogP contribution in [-0.2, 0) is 9.53 Å². The maximum atomic E-state index is 13.9. The third-order valence-electron chi connectivity index (χ3n) is 7.50. The first-order valence-electron chi connectivity index (χ1n) is 13.7. The first-order valence-corrected chi connectivity index (χ1v) is 15.8. The Morgan fingerprint density at radius 2 is 2.11 bits per heavy atom. The number of hydrogen-bond donors (Lipinski definition) is 2. The van der Waals surface area contributed by atoms with Crippen molar-refractivity contribution in [1.82, 2.24) is 30.0 Å². The van der Waals surface area contributed by atoms with Crippen LogP contribution in [0.5, 0.6) is 0 Å². The molecule has 45 heavy (non-hydrogen) atoms. The van der Waals surface area contributed by atoms with E-state index in [1.807, 2.05) is 10.3 Å². The molecule has 0 aliphatic carbocycles. The number of aromatic carboxylic acids is 1. The fourth-order valence-electron chi connectivity index (χ4n) is 5.45. The normalized spacial score (nSPS) is 19.9. The predicted octanol–water partition coefficient (Wildman–Crippen LogP) is 3.08. The van der Waals surface area contributed by atoms with Gasteiger partial charge in [-0.05, 0) is 18.1 Å². The molecule has 3 aliphatic rings. The topological polar surface area (TPSA) is 141 Å². The second-order valence-electron chi connectivity index (χ2n) is 10.3. The van der Waals surface area contributed by atoms with Gasteiger partial charge in [0.15, 0.2) is 15.9 Å². The summed E-state index contributed by atoms with van der Waals surface area (Å²) in [6.07, 6.45) is 2.91. The molecule has 2 fully saturated rings. The average molecular weight is 670 g/mol. The number of piperazine rings is 1. The number of amidine groups is 1. The summed E-state index contributed by atoms with van der Waals surface area (Å²) < 4.78 is 19.1. The van der Waals surface area contributed by atoms with Crippen molar-refractivity contribution in [3.05, 3.63) is 78.5 Å². The standard InChI is InChI=1S/C29H25ClFN7O5S2/c1-43-28(41)23-20(34-25(26-32-6-10-44-26)35-24(23)18-5-4-16(31)11-19(18)30)15-36-8-9-38-17(13-36)14-37(29(38)42)7-2-3-22-33-12-21(45-22)27(39)40/h4-6,10-12,17,24H,7-9,13-15H2,1H3,(H,34,35)(H,39,40)/t17-,24-/m0/s1. The van der Waals surface area contributed by atoms with Crippen molar-refractivity contribution in [3.63, 3.8) is 0 Å². The number of nitrogens with one attached hydrogen (secondary N) is 1. The van der Waals surface area contributed by atoms with E-state index < -0.39 is 23.8 Å². The largest absolute Gasteiger partial charge is 0.477 e. The molecule has 2 N–H and O–H groups in total. The van der Waals surface area contributed by atoms with Gasteiger partial charge in [-0.1, -0.05) is 34.9 Å². The van der Waals surface area contributed by atoms with Gasteiger partial charge in [0.2, 0.25) is 0 Å². The number of carboxylic acids is 1. The van der Waals surface area contributed by atoms with Crippen LogP contribution >= 0.6 is 34.3 Å². The van der Waals surface area contributed by atoms with Gasteiger partial charge in [-0.15, -0.1) is 11.3 Å². The lowest BCUT2D eigenvalue weighted by atomic mass is 9.95. The number of carbonyl (C=O) groups excluding carboxylic acids is 2. The Bertz CT molecular complexity index is 1780. The number of rotatable bonds is 7. The van der Waals surface area contributed by atoms with Gasteiger partial charge in [0.25, 0.3) is 0 Å². The fourth-order valence-corrected chi connectivity index (χ4v) is 6.94. The molecule has 3 aliphatic heterocycles. The highest BCUT2D eigenvalue weighted by molar-refractivity contribution is 7.14. The summed E-state index contributed by atoms with van der Waals surface area (Å²) in [5.74, 6) is 4.06. The summed E-state index contributed by atoms with van der Waals surface area (Å²) >= 11 is 8.81. The Morgan fingerprint density at radius 1 is 1.27 bits per heavy atom. The molecular weight excluding hydrogens is 645 g/mol. The summed E-state index contributed by atoms with van der Waals surface area (Å²) in [5.41, 5.74) is 1.25. The summed E-state index contributed by atoms with van der Waals surface area (Å²) in [4.78, 5) is 56.3. The third-order valence-corrected chi connectivity index (χ3v) is 9.51. The highest BCUT2D eigenvalue weighted by atomic mass is 35.5. The molecule has 0 saturated carbocycles. The van der Waals surface area contributed by atoms with E-state index in [4.69, 9.17) is 26.4 Å². The van der Waals surface area contributed by atoms with Crippen molar-refractivity contribution in [3.8, 4) is 11.8 Å². The number of carbonyl (C=O) groups is 3. The lowest BCUT2D eigenvalue weighted by Crippen LogP contribution is -2.53. The predicted molar refractivity (Wildman–Crippen MR) is 165 cm³/mol. The molecule has 232 valence electrons. The highest BCUT2D eigenvalue weighted by Gasteiger charge is 2.41. The Balaban J connectivity index is 1.22. The number of aromatic nitrogens is 2. The van der Waals surface area contributed by atoms with E-state index in [-0.39, 0.29) is 34.1 Å². The van der Waals surface area contributed by atoms with Crippen molar-refractivity contribution in [2.24, 2.45) is 4.99 Å². The van der Waals surface area contributed by atoms with Crippen LogP contribution in [0.1, 0.15) is 31.3 Å². The Hall–Kier alpha value is -4.36. The molecule has 6 rings (SSSR count). The van der Waals surface area contributed by atoms with Crippen molar-refractivity contribution in [2.75, 3.05) is 46.4 Å². The van der Waals surface area contributed by atoms with Crippen LogP contribution in [0.4, 0.5) is 9.18 Å². The number of methoxy groups -OCH3 is 1. The number of amides is 2. The van der Waals surface area contributed by atoms with Crippen LogP contribution in [-0.4, -0.2) is 106 Å². The molecule has 0 spiro atoms. The van der Waals surface area contributed by atoms with Gasteiger partial charge in [0, 0.05) is 60.6 Å². The van der Waals surface area contributed by atoms with E-state index in [1.165, 1.54) is 42.8 Å². The highest BCUT2D eigenvalue weighted by Crippen LogP contribution is 2.37. The second-order valence-corrected chi connectivity index (χ2v) is 12.6. The molecule has 3 aromatic rings. The zero-order valence-electron chi connectivity index (χ0n) is 23.7. The second kappa shape index (κ2) is 12.9. The minimum Gasteiger partial charge on any atom is -0.477 e. The maximum Gasteiger partial charge on any atom is 0.347 e. The molecule has 2 atom stereocenters. The lowest BCUT2D eigenvalue weighted by Gasteiger charge is -2.38. The number of aliphatic imine (C=N–C) groups is 1. The number of nitrogens with zero attached hydrogens (tertiary/aromatic N) is 6.